The molecule has 1 aromatic rings. The van der Waals surface area contributed by atoms with E-state index in [2.05, 4.69) is 0 Å². The number of carbonyl (C=O) groups is 1. The predicted octanol–water partition coefficient (Wildman–Crippen LogP) is 3.66. The molecule has 0 heterocycles. The van der Waals surface area contributed by atoms with E-state index >= 15 is 0 Å². The number of likely N-dealkylation sites (N-methyl/N-ethyl adjacent to an activating group) is 1. The van der Waals surface area contributed by atoms with Crippen molar-refractivity contribution in [2.75, 3.05) is 19.3 Å². The molecule has 4 heteroatoms. The fourth-order valence-electron chi connectivity index (χ4n) is 2.92. The SMILES string of the molecule is CN(CCC1CCCCC1)C(=O)Cc1ccc(N)cc1.Cl. The number of nitrogens with two attached hydrogens (primary N) is 1. The number of anilines is 1. The summed E-state index contributed by atoms with van der Waals surface area (Å²) in [5.41, 5.74) is 7.43. The van der Waals surface area contributed by atoms with Gasteiger partial charge in [-0.1, -0.05) is 44.2 Å². The van der Waals surface area contributed by atoms with Crippen molar-refractivity contribution in [3.8, 4) is 0 Å². The van der Waals surface area contributed by atoms with Crippen molar-refractivity contribution in [3.05, 3.63) is 29.8 Å². The average molecular weight is 311 g/mol. The van der Waals surface area contributed by atoms with Crippen LogP contribution in [0.25, 0.3) is 0 Å². The number of rotatable bonds is 5. The Morgan fingerprint density at radius 2 is 1.81 bits per heavy atom. The first-order valence-electron chi connectivity index (χ1n) is 7.73. The smallest absolute Gasteiger partial charge is 0.226 e. The molecule has 0 aromatic heterocycles. The molecule has 2 rings (SSSR count). The number of halogens is 1. The van der Waals surface area contributed by atoms with E-state index < -0.39 is 0 Å². The number of carbonyl (C=O) groups excluding carboxylic acids is 1. The predicted molar refractivity (Wildman–Crippen MR) is 90.6 cm³/mol. The van der Waals surface area contributed by atoms with Gasteiger partial charge in [0, 0.05) is 19.3 Å². The fraction of sp³-hybridized carbons (Fsp3) is 0.588. The van der Waals surface area contributed by atoms with Crippen LogP contribution in [0, 0.1) is 5.92 Å². The summed E-state index contributed by atoms with van der Waals surface area (Å²) in [6, 6.07) is 7.57. The Labute approximate surface area is 134 Å². The number of nitrogen functional groups attached to an aromatic ring is 1. The van der Waals surface area contributed by atoms with Crippen LogP contribution in [-0.2, 0) is 11.2 Å². The van der Waals surface area contributed by atoms with Crippen LogP contribution < -0.4 is 5.73 Å². The van der Waals surface area contributed by atoms with Gasteiger partial charge in [-0.3, -0.25) is 4.79 Å². The maximum Gasteiger partial charge on any atom is 0.226 e. The highest BCUT2D eigenvalue weighted by atomic mass is 35.5. The summed E-state index contributed by atoms with van der Waals surface area (Å²) < 4.78 is 0. The van der Waals surface area contributed by atoms with E-state index in [4.69, 9.17) is 5.73 Å². The molecule has 1 aromatic carbocycles. The molecule has 1 aliphatic rings. The van der Waals surface area contributed by atoms with Crippen LogP contribution in [0.5, 0.6) is 0 Å². The van der Waals surface area contributed by atoms with Crippen LogP contribution in [0.15, 0.2) is 24.3 Å². The lowest BCUT2D eigenvalue weighted by Crippen LogP contribution is -2.30. The van der Waals surface area contributed by atoms with Crippen LogP contribution >= 0.6 is 12.4 Å². The Kier molecular flexibility index (Phi) is 7.58. The van der Waals surface area contributed by atoms with Crippen molar-refractivity contribution in [2.24, 2.45) is 5.92 Å². The highest BCUT2D eigenvalue weighted by Crippen LogP contribution is 2.26. The number of amides is 1. The molecule has 0 spiro atoms. The molecule has 0 bridgehead atoms. The van der Waals surface area contributed by atoms with Crippen molar-refractivity contribution in [1.82, 2.24) is 4.90 Å². The second kappa shape index (κ2) is 8.93. The summed E-state index contributed by atoms with van der Waals surface area (Å²) in [6.07, 6.45) is 8.45. The normalized spacial score (nSPS) is 15.3. The zero-order chi connectivity index (χ0) is 14.4. The Hall–Kier alpha value is -1.22. The molecule has 1 aliphatic carbocycles. The van der Waals surface area contributed by atoms with Gasteiger partial charge in [0.15, 0.2) is 0 Å². The Morgan fingerprint density at radius 3 is 2.43 bits per heavy atom. The third-order valence-corrected chi connectivity index (χ3v) is 4.36. The lowest BCUT2D eigenvalue weighted by molar-refractivity contribution is -0.129. The van der Waals surface area contributed by atoms with Gasteiger partial charge in [-0.2, -0.15) is 0 Å². The molecule has 1 amide bonds. The van der Waals surface area contributed by atoms with Gasteiger partial charge in [-0.05, 0) is 30.0 Å². The van der Waals surface area contributed by atoms with E-state index in [9.17, 15) is 4.79 Å². The molecule has 0 radical (unpaired) electrons. The standard InChI is InChI=1S/C17H26N2O.ClH/c1-19(12-11-14-5-3-2-4-6-14)17(20)13-15-7-9-16(18)10-8-15;/h7-10,14H,2-6,11-13,18H2,1H3;1H. The molecule has 3 nitrogen and oxygen atoms in total. The van der Waals surface area contributed by atoms with E-state index in [0.717, 1.165) is 30.1 Å². The first-order chi connectivity index (χ1) is 9.65. The molecule has 21 heavy (non-hydrogen) atoms. The van der Waals surface area contributed by atoms with E-state index in [-0.39, 0.29) is 18.3 Å². The number of hydrogen-bond donors (Lipinski definition) is 1. The maximum atomic E-state index is 12.2. The number of hydrogen-bond acceptors (Lipinski definition) is 2. The van der Waals surface area contributed by atoms with Crippen molar-refractivity contribution >= 4 is 24.0 Å². The molecular formula is C17H27ClN2O. The fourth-order valence-corrected chi connectivity index (χ4v) is 2.92. The van der Waals surface area contributed by atoms with E-state index in [1.165, 1.54) is 32.1 Å². The first-order valence-corrected chi connectivity index (χ1v) is 7.73. The number of nitrogens with zero attached hydrogens (tertiary/aromatic N) is 1. The lowest BCUT2D eigenvalue weighted by atomic mass is 9.87. The van der Waals surface area contributed by atoms with Gasteiger partial charge in [0.05, 0.1) is 6.42 Å². The van der Waals surface area contributed by atoms with Crippen LogP contribution in [0.1, 0.15) is 44.1 Å². The number of benzene rings is 1. The van der Waals surface area contributed by atoms with Gasteiger partial charge < -0.3 is 10.6 Å². The van der Waals surface area contributed by atoms with Crippen molar-refractivity contribution in [1.29, 1.82) is 0 Å². The molecular weight excluding hydrogens is 284 g/mol. The van der Waals surface area contributed by atoms with Crippen LogP contribution in [0.2, 0.25) is 0 Å². The zero-order valence-electron chi connectivity index (χ0n) is 12.9. The van der Waals surface area contributed by atoms with Crippen LogP contribution in [-0.4, -0.2) is 24.4 Å². The summed E-state index contributed by atoms with van der Waals surface area (Å²) in [4.78, 5) is 14.0. The summed E-state index contributed by atoms with van der Waals surface area (Å²) in [6.45, 7) is 0.887. The van der Waals surface area contributed by atoms with Crippen LogP contribution in [0.3, 0.4) is 0 Å². The van der Waals surface area contributed by atoms with Crippen molar-refractivity contribution in [2.45, 2.75) is 44.9 Å². The molecule has 2 N–H and O–H groups in total. The van der Waals surface area contributed by atoms with Gasteiger partial charge >= 0.3 is 0 Å². The van der Waals surface area contributed by atoms with Gasteiger partial charge in [0.25, 0.3) is 0 Å². The Bertz CT molecular complexity index is 427. The zero-order valence-corrected chi connectivity index (χ0v) is 13.7. The van der Waals surface area contributed by atoms with E-state index in [1.54, 1.807) is 0 Å². The van der Waals surface area contributed by atoms with Gasteiger partial charge in [0.2, 0.25) is 5.91 Å². The summed E-state index contributed by atoms with van der Waals surface area (Å²) in [7, 11) is 1.92. The molecule has 0 unspecified atom stereocenters. The third-order valence-electron chi connectivity index (χ3n) is 4.36. The monoisotopic (exact) mass is 310 g/mol. The minimum Gasteiger partial charge on any atom is -0.399 e. The van der Waals surface area contributed by atoms with Crippen molar-refractivity contribution < 1.29 is 4.79 Å². The Balaban J connectivity index is 0.00000220. The average Bonchev–Trinajstić information content (AvgIpc) is 2.48. The van der Waals surface area contributed by atoms with Crippen LogP contribution in [0.4, 0.5) is 5.69 Å². The van der Waals surface area contributed by atoms with Crippen molar-refractivity contribution in [3.63, 3.8) is 0 Å². The topological polar surface area (TPSA) is 46.3 Å². The molecule has 0 atom stereocenters. The second-order valence-electron chi connectivity index (χ2n) is 6.03. The summed E-state index contributed by atoms with van der Waals surface area (Å²) in [5, 5.41) is 0. The highest BCUT2D eigenvalue weighted by molar-refractivity contribution is 5.85. The summed E-state index contributed by atoms with van der Waals surface area (Å²) in [5.74, 6) is 1.03. The molecule has 0 saturated heterocycles. The lowest BCUT2D eigenvalue weighted by Gasteiger charge is -2.24. The van der Waals surface area contributed by atoms with Gasteiger partial charge in [-0.25, -0.2) is 0 Å². The quantitative estimate of drug-likeness (QED) is 0.844. The minimum absolute atomic E-state index is 0. The molecule has 118 valence electrons. The highest BCUT2D eigenvalue weighted by Gasteiger charge is 2.16. The first kappa shape index (κ1) is 17.8. The van der Waals surface area contributed by atoms with E-state index in [1.807, 2.05) is 36.2 Å². The van der Waals surface area contributed by atoms with E-state index in [0.29, 0.717) is 6.42 Å². The summed E-state index contributed by atoms with van der Waals surface area (Å²) >= 11 is 0. The molecule has 1 fully saturated rings. The molecule has 0 aliphatic heterocycles. The largest absolute Gasteiger partial charge is 0.399 e. The Morgan fingerprint density at radius 1 is 1.19 bits per heavy atom. The molecule has 1 saturated carbocycles. The minimum atomic E-state index is 0. The van der Waals surface area contributed by atoms with Gasteiger partial charge in [0.1, 0.15) is 0 Å². The van der Waals surface area contributed by atoms with Gasteiger partial charge in [-0.15, -0.1) is 12.4 Å². The maximum absolute atomic E-state index is 12.2. The third kappa shape index (κ3) is 5.96. The second-order valence-corrected chi connectivity index (χ2v) is 6.03.